The van der Waals surface area contributed by atoms with E-state index in [2.05, 4.69) is 20.4 Å². The van der Waals surface area contributed by atoms with Gasteiger partial charge in [-0.05, 0) is 24.6 Å². The lowest BCUT2D eigenvalue weighted by molar-refractivity contribution is -0.137. The van der Waals surface area contributed by atoms with Crippen molar-refractivity contribution in [2.24, 2.45) is 0 Å². The van der Waals surface area contributed by atoms with Gasteiger partial charge in [-0.3, -0.25) is 9.48 Å². The lowest BCUT2D eigenvalue weighted by Crippen LogP contribution is -2.32. The summed E-state index contributed by atoms with van der Waals surface area (Å²) >= 11 is 6.19. The Hall–Kier alpha value is -3.01. The van der Waals surface area contributed by atoms with Crippen LogP contribution in [0.2, 0.25) is 0 Å². The number of anilines is 2. The fourth-order valence-corrected chi connectivity index (χ4v) is 3.59. The van der Waals surface area contributed by atoms with Crippen molar-refractivity contribution in [2.75, 3.05) is 16.8 Å². The standard InChI is InChI=1S/C19H18ClF3N6O/c1-11(20)7-29-16(27-15-17(29)24-10-25-18(15)30)13-6-26-28(9-13)8-12-3-2-4-14(5-12)19(21,22)23/h2-6,9-11,16,27H,7-8H2,1H3,(H,24,25,30). The van der Waals surface area contributed by atoms with Gasteiger partial charge in [0, 0.05) is 23.7 Å². The molecule has 11 heteroatoms. The van der Waals surface area contributed by atoms with E-state index in [0.29, 0.717) is 23.6 Å². The number of aromatic amines is 1. The Bertz CT molecular complexity index is 1110. The molecule has 2 aromatic heterocycles. The largest absolute Gasteiger partial charge is 0.416 e. The van der Waals surface area contributed by atoms with Gasteiger partial charge >= 0.3 is 6.18 Å². The Balaban J connectivity index is 1.59. The SMILES string of the molecule is CC(Cl)CN1c2nc[nH]c(=O)c2NC1c1cnn(Cc2cccc(C(F)(F)F)c2)c1. The predicted molar refractivity (Wildman–Crippen MR) is 107 cm³/mol. The summed E-state index contributed by atoms with van der Waals surface area (Å²) in [6.07, 6.45) is -0.161. The van der Waals surface area contributed by atoms with Crippen molar-refractivity contribution in [1.82, 2.24) is 19.7 Å². The number of hydrogen-bond acceptors (Lipinski definition) is 5. The third kappa shape index (κ3) is 4.00. The van der Waals surface area contributed by atoms with E-state index in [1.165, 1.54) is 12.4 Å². The van der Waals surface area contributed by atoms with Gasteiger partial charge in [0.05, 0.1) is 24.6 Å². The summed E-state index contributed by atoms with van der Waals surface area (Å²) in [7, 11) is 0. The molecule has 7 nitrogen and oxygen atoms in total. The molecule has 0 radical (unpaired) electrons. The van der Waals surface area contributed by atoms with Crippen molar-refractivity contribution in [3.8, 4) is 0 Å². The molecule has 30 heavy (non-hydrogen) atoms. The average molecular weight is 439 g/mol. The van der Waals surface area contributed by atoms with Crippen molar-refractivity contribution >= 4 is 23.1 Å². The second-order valence-corrected chi connectivity index (χ2v) is 7.82. The summed E-state index contributed by atoms with van der Waals surface area (Å²) in [6.45, 7) is 2.44. The van der Waals surface area contributed by atoms with E-state index in [1.807, 2.05) is 11.8 Å². The molecular formula is C19H18ClF3N6O. The van der Waals surface area contributed by atoms with Gasteiger partial charge in [0.25, 0.3) is 5.56 Å². The number of nitrogens with one attached hydrogen (secondary N) is 2. The molecule has 0 amide bonds. The highest BCUT2D eigenvalue weighted by molar-refractivity contribution is 6.20. The monoisotopic (exact) mass is 438 g/mol. The van der Waals surface area contributed by atoms with Crippen LogP contribution < -0.4 is 15.8 Å². The molecule has 0 saturated carbocycles. The van der Waals surface area contributed by atoms with Crippen molar-refractivity contribution in [1.29, 1.82) is 0 Å². The van der Waals surface area contributed by atoms with Crippen LogP contribution in [0.5, 0.6) is 0 Å². The quantitative estimate of drug-likeness (QED) is 0.595. The molecule has 1 aromatic carbocycles. The predicted octanol–water partition coefficient (Wildman–Crippen LogP) is 3.59. The number of H-pyrrole nitrogens is 1. The Morgan fingerprint density at radius 2 is 2.13 bits per heavy atom. The van der Waals surface area contributed by atoms with Gasteiger partial charge in [-0.15, -0.1) is 11.6 Å². The van der Waals surface area contributed by atoms with Crippen LogP contribution in [0, 0.1) is 0 Å². The summed E-state index contributed by atoms with van der Waals surface area (Å²) in [5, 5.41) is 7.21. The smallest absolute Gasteiger partial charge is 0.354 e. The number of aromatic nitrogens is 4. The number of halogens is 4. The molecule has 0 fully saturated rings. The van der Waals surface area contributed by atoms with Crippen LogP contribution in [0.1, 0.15) is 29.8 Å². The number of hydrogen-bond donors (Lipinski definition) is 2. The number of nitrogens with zero attached hydrogens (tertiary/aromatic N) is 4. The van der Waals surface area contributed by atoms with Gasteiger partial charge in [-0.1, -0.05) is 12.1 Å². The normalized spacial score (nSPS) is 17.0. The molecule has 3 aromatic rings. The zero-order valence-electron chi connectivity index (χ0n) is 15.8. The third-order valence-electron chi connectivity index (χ3n) is 4.71. The first-order chi connectivity index (χ1) is 14.2. The zero-order valence-corrected chi connectivity index (χ0v) is 16.6. The highest BCUT2D eigenvalue weighted by Gasteiger charge is 2.34. The number of alkyl halides is 4. The third-order valence-corrected chi connectivity index (χ3v) is 4.85. The molecule has 0 bridgehead atoms. The van der Waals surface area contributed by atoms with Gasteiger partial charge < -0.3 is 15.2 Å². The van der Waals surface area contributed by atoms with E-state index in [4.69, 9.17) is 11.6 Å². The summed E-state index contributed by atoms with van der Waals surface area (Å²) in [5.41, 5.74) is 0.549. The maximum absolute atomic E-state index is 12.9. The van der Waals surface area contributed by atoms with Crippen LogP contribution in [0.4, 0.5) is 24.7 Å². The van der Waals surface area contributed by atoms with Gasteiger partial charge in [0.2, 0.25) is 0 Å². The Kier molecular flexibility index (Phi) is 5.19. The number of rotatable bonds is 5. The Morgan fingerprint density at radius 3 is 2.87 bits per heavy atom. The molecule has 0 aliphatic carbocycles. The molecular weight excluding hydrogens is 421 g/mol. The van der Waals surface area contributed by atoms with E-state index in [1.54, 1.807) is 23.1 Å². The van der Waals surface area contributed by atoms with Gasteiger partial charge in [-0.25, -0.2) is 4.98 Å². The highest BCUT2D eigenvalue weighted by atomic mass is 35.5. The lowest BCUT2D eigenvalue weighted by atomic mass is 10.1. The summed E-state index contributed by atoms with van der Waals surface area (Å²) < 4.78 is 40.4. The minimum Gasteiger partial charge on any atom is -0.354 e. The van der Waals surface area contributed by atoms with Crippen molar-refractivity contribution < 1.29 is 13.2 Å². The van der Waals surface area contributed by atoms with Crippen LogP contribution in [0.25, 0.3) is 0 Å². The first-order valence-electron chi connectivity index (χ1n) is 9.16. The van der Waals surface area contributed by atoms with Gasteiger partial charge in [0.15, 0.2) is 5.82 Å². The average Bonchev–Trinajstić information content (AvgIpc) is 3.27. The molecule has 2 atom stereocenters. The van der Waals surface area contributed by atoms with E-state index >= 15 is 0 Å². The minimum absolute atomic E-state index is 0.175. The highest BCUT2D eigenvalue weighted by Crippen LogP contribution is 2.37. The Labute approximate surface area is 174 Å². The topological polar surface area (TPSA) is 78.8 Å². The van der Waals surface area contributed by atoms with Crippen LogP contribution in [0.15, 0.2) is 47.8 Å². The maximum Gasteiger partial charge on any atom is 0.416 e. The fourth-order valence-electron chi connectivity index (χ4n) is 3.44. The maximum atomic E-state index is 12.9. The second-order valence-electron chi connectivity index (χ2n) is 7.08. The molecule has 0 saturated heterocycles. The van der Waals surface area contributed by atoms with Crippen molar-refractivity contribution in [3.63, 3.8) is 0 Å². The summed E-state index contributed by atoms with van der Waals surface area (Å²) in [6, 6.07) is 5.13. The fraction of sp³-hybridized carbons (Fsp3) is 0.316. The molecule has 2 unspecified atom stereocenters. The van der Waals surface area contributed by atoms with Crippen LogP contribution in [-0.2, 0) is 12.7 Å². The molecule has 2 N–H and O–H groups in total. The van der Waals surface area contributed by atoms with Gasteiger partial charge in [-0.2, -0.15) is 18.3 Å². The lowest BCUT2D eigenvalue weighted by Gasteiger charge is -2.26. The van der Waals surface area contributed by atoms with E-state index in [0.717, 1.165) is 17.7 Å². The van der Waals surface area contributed by atoms with Gasteiger partial charge in [0.1, 0.15) is 11.9 Å². The van der Waals surface area contributed by atoms with Crippen LogP contribution in [-0.4, -0.2) is 31.7 Å². The summed E-state index contributed by atoms with van der Waals surface area (Å²) in [5.74, 6) is 0.488. The zero-order chi connectivity index (χ0) is 21.5. The number of fused-ring (bicyclic) bond motifs is 1. The molecule has 3 heterocycles. The molecule has 0 spiro atoms. The van der Waals surface area contributed by atoms with Crippen LogP contribution in [0.3, 0.4) is 0 Å². The van der Waals surface area contributed by atoms with Crippen LogP contribution >= 0.6 is 11.6 Å². The second kappa shape index (κ2) is 7.67. The van der Waals surface area contributed by atoms with Crippen molar-refractivity contribution in [3.05, 3.63) is 70.0 Å². The minimum atomic E-state index is -4.40. The van der Waals surface area contributed by atoms with Crippen molar-refractivity contribution in [2.45, 2.75) is 31.2 Å². The Morgan fingerprint density at radius 1 is 1.33 bits per heavy atom. The first kappa shape index (κ1) is 20.3. The molecule has 4 rings (SSSR count). The first-order valence-corrected chi connectivity index (χ1v) is 9.59. The van der Waals surface area contributed by atoms with E-state index < -0.39 is 17.9 Å². The molecule has 158 valence electrons. The van der Waals surface area contributed by atoms with E-state index in [-0.39, 0.29) is 17.5 Å². The molecule has 1 aliphatic rings. The summed E-state index contributed by atoms with van der Waals surface area (Å²) in [4.78, 5) is 20.8. The van der Waals surface area contributed by atoms with E-state index in [9.17, 15) is 18.0 Å². The molecule has 1 aliphatic heterocycles. The number of benzene rings is 1.